The van der Waals surface area contributed by atoms with Gasteiger partial charge in [-0.25, -0.2) is 9.59 Å². The second-order valence-electron chi connectivity index (χ2n) is 14.8. The Bertz CT molecular complexity index is 2820. The van der Waals surface area contributed by atoms with Gasteiger partial charge in [0, 0.05) is 46.9 Å². The first-order chi connectivity index (χ1) is 30.3. The van der Waals surface area contributed by atoms with Crippen molar-refractivity contribution in [2.75, 3.05) is 0 Å². The van der Waals surface area contributed by atoms with E-state index in [1.165, 1.54) is 24.3 Å². The molecular formula is C44H34O20. The molecule has 6 aromatic rings. The second kappa shape index (κ2) is 15.5. The van der Waals surface area contributed by atoms with Crippen molar-refractivity contribution in [3.8, 4) is 92.0 Å². The van der Waals surface area contributed by atoms with Gasteiger partial charge in [-0.3, -0.25) is 0 Å². The normalized spacial score (nSPS) is 18.7. The number of ether oxygens (including phenoxy) is 4. The number of esters is 2. The van der Waals surface area contributed by atoms with E-state index in [0.29, 0.717) is 0 Å². The van der Waals surface area contributed by atoms with Gasteiger partial charge in [0.2, 0.25) is 0 Å². The molecule has 5 unspecified atom stereocenters. The molecule has 0 saturated carbocycles. The van der Waals surface area contributed by atoms with Crippen LogP contribution in [0.3, 0.4) is 0 Å². The van der Waals surface area contributed by atoms with Crippen LogP contribution in [-0.2, 0) is 15.9 Å². The predicted molar refractivity (Wildman–Crippen MR) is 213 cm³/mol. The molecule has 0 aliphatic carbocycles. The molecular weight excluding hydrogens is 848 g/mol. The molecule has 0 spiro atoms. The summed E-state index contributed by atoms with van der Waals surface area (Å²) in [5, 5.41) is 148. The van der Waals surface area contributed by atoms with E-state index in [0.717, 1.165) is 54.6 Å². The molecule has 0 amide bonds. The molecule has 20 heteroatoms. The highest BCUT2D eigenvalue weighted by atomic mass is 16.6. The number of hydrogen-bond acceptors (Lipinski definition) is 20. The number of hydrogen-bond donors (Lipinski definition) is 14. The summed E-state index contributed by atoms with van der Waals surface area (Å²) in [4.78, 5) is 27.5. The van der Waals surface area contributed by atoms with Crippen molar-refractivity contribution >= 4 is 11.9 Å². The maximum Gasteiger partial charge on any atom is 0.338 e. The van der Waals surface area contributed by atoms with Crippen molar-refractivity contribution in [3.63, 3.8) is 0 Å². The molecule has 0 bridgehead atoms. The first kappa shape index (κ1) is 41.8. The maximum absolute atomic E-state index is 13.9. The number of aromatic hydroxyl groups is 14. The lowest BCUT2D eigenvalue weighted by molar-refractivity contribution is -0.0276. The van der Waals surface area contributed by atoms with Crippen LogP contribution < -0.4 is 9.47 Å². The van der Waals surface area contributed by atoms with Gasteiger partial charge in [0.05, 0.1) is 17.0 Å². The molecule has 64 heavy (non-hydrogen) atoms. The van der Waals surface area contributed by atoms with Crippen molar-refractivity contribution in [3.05, 3.63) is 118 Å². The molecule has 0 radical (unpaired) electrons. The number of rotatable bonds is 7. The van der Waals surface area contributed by atoms with Crippen LogP contribution in [0.25, 0.3) is 0 Å². The van der Waals surface area contributed by atoms with Gasteiger partial charge in [0.15, 0.2) is 70.1 Å². The van der Waals surface area contributed by atoms with Gasteiger partial charge in [0.1, 0.15) is 46.4 Å². The van der Waals surface area contributed by atoms with Crippen LogP contribution in [0, 0.1) is 0 Å². The van der Waals surface area contributed by atoms with Gasteiger partial charge in [-0.1, -0.05) is 12.1 Å². The van der Waals surface area contributed by atoms with E-state index in [-0.39, 0.29) is 39.5 Å². The Labute approximate surface area is 358 Å². The average Bonchev–Trinajstić information content (AvgIpc) is 3.23. The molecule has 0 saturated heterocycles. The summed E-state index contributed by atoms with van der Waals surface area (Å²) in [7, 11) is 0. The van der Waals surface area contributed by atoms with E-state index in [4.69, 9.17) is 18.9 Å². The lowest BCUT2D eigenvalue weighted by Gasteiger charge is -2.41. The van der Waals surface area contributed by atoms with Crippen LogP contribution in [0.15, 0.2) is 78.9 Å². The Balaban J connectivity index is 1.30. The zero-order valence-electron chi connectivity index (χ0n) is 32.3. The number of phenolic OH excluding ortho intramolecular Hbond substituents is 14. The number of phenols is 14. The van der Waals surface area contributed by atoms with Crippen molar-refractivity contribution in [1.29, 1.82) is 0 Å². The standard InChI is InChI=1S/C44H34O20/c45-19-3-1-15(2-4-19)41-42(64-44(60)18-9-28(53)39(58)29(54)10-18)35(33-22(47)11-20(46)12-31(33)62-41)34-23(48)14-30-21(36(34)55)13-32(40(61-30)16-5-24(49)37(56)25(50)6-16)63-43(59)17-7-26(51)38(57)27(52)8-17/h1-12,14,32,35,40-42,45-58H,13H2. The highest BCUT2D eigenvalue weighted by molar-refractivity contribution is 5.92. The van der Waals surface area contributed by atoms with E-state index in [1.54, 1.807) is 0 Å². The molecule has 0 fully saturated rings. The Morgan fingerprint density at radius 3 is 1.48 bits per heavy atom. The number of carbonyl (C=O) groups is 2. The number of fused-ring (bicyclic) bond motifs is 2. The Morgan fingerprint density at radius 1 is 0.453 bits per heavy atom. The molecule has 2 aliphatic heterocycles. The predicted octanol–water partition coefficient (Wildman–Crippen LogP) is 4.96. The van der Waals surface area contributed by atoms with Crippen molar-refractivity contribution in [2.24, 2.45) is 0 Å². The largest absolute Gasteiger partial charge is 0.508 e. The van der Waals surface area contributed by atoms with E-state index in [9.17, 15) is 81.1 Å². The van der Waals surface area contributed by atoms with E-state index in [2.05, 4.69) is 0 Å². The minimum atomic E-state index is -1.77. The summed E-state index contributed by atoms with van der Waals surface area (Å²) in [5.41, 5.74) is -1.89. The van der Waals surface area contributed by atoms with Crippen molar-refractivity contribution < 1.29 is 100 Å². The first-order valence-electron chi connectivity index (χ1n) is 18.7. The fourth-order valence-corrected chi connectivity index (χ4v) is 7.75. The van der Waals surface area contributed by atoms with Crippen molar-refractivity contribution in [2.45, 2.75) is 36.8 Å². The van der Waals surface area contributed by atoms with E-state index in [1.807, 2.05) is 0 Å². The SMILES string of the molecule is O=C(OC1Cc2c(cc(O)c(C3c4c(O)cc(O)cc4OC(c4ccc(O)cc4)C3OC(=O)c3cc(O)c(O)c(O)c3)c2O)OC1c1cc(O)c(O)c(O)c1)c1cc(O)c(O)c(O)c1. The van der Waals surface area contributed by atoms with Crippen LogP contribution in [0.4, 0.5) is 0 Å². The minimum Gasteiger partial charge on any atom is -0.508 e. The second-order valence-corrected chi connectivity index (χ2v) is 14.8. The summed E-state index contributed by atoms with van der Waals surface area (Å²) in [5.74, 6) is -15.8. The lowest BCUT2D eigenvalue weighted by atomic mass is 9.77. The average molecular weight is 883 g/mol. The zero-order chi connectivity index (χ0) is 46.0. The number of benzene rings is 6. The van der Waals surface area contributed by atoms with Crippen LogP contribution in [0.5, 0.6) is 92.0 Å². The highest BCUT2D eigenvalue weighted by Crippen LogP contribution is 2.58. The van der Waals surface area contributed by atoms with Crippen LogP contribution >= 0.6 is 0 Å². The molecule has 0 aromatic heterocycles. The van der Waals surface area contributed by atoms with Crippen LogP contribution in [0.1, 0.15) is 66.7 Å². The molecule has 5 atom stereocenters. The fourth-order valence-electron chi connectivity index (χ4n) is 7.75. The molecule has 20 nitrogen and oxygen atoms in total. The van der Waals surface area contributed by atoms with Crippen molar-refractivity contribution in [1.82, 2.24) is 0 Å². The lowest BCUT2D eigenvalue weighted by Crippen LogP contribution is -2.39. The van der Waals surface area contributed by atoms with Crippen LogP contribution in [-0.4, -0.2) is 95.6 Å². The zero-order valence-corrected chi connectivity index (χ0v) is 32.3. The van der Waals surface area contributed by atoms with Gasteiger partial charge >= 0.3 is 11.9 Å². The molecule has 14 N–H and O–H groups in total. The molecule has 6 aromatic carbocycles. The van der Waals surface area contributed by atoms with E-state index < -0.39 is 140 Å². The first-order valence-corrected chi connectivity index (χ1v) is 18.7. The molecule has 330 valence electrons. The Kier molecular flexibility index (Phi) is 10.1. The quantitative estimate of drug-likeness (QED) is 0.0744. The third kappa shape index (κ3) is 7.23. The Morgan fingerprint density at radius 2 is 0.938 bits per heavy atom. The molecule has 2 aliphatic rings. The maximum atomic E-state index is 13.9. The molecule has 2 heterocycles. The Hall–Kier alpha value is -8.94. The van der Waals surface area contributed by atoms with Gasteiger partial charge in [0.25, 0.3) is 0 Å². The number of carbonyl (C=O) groups excluding carboxylic acids is 2. The van der Waals surface area contributed by atoms with Gasteiger partial charge in [-0.15, -0.1) is 0 Å². The summed E-state index contributed by atoms with van der Waals surface area (Å²) in [6, 6.07) is 13.3. The fraction of sp³-hybridized carbons (Fsp3) is 0.136. The topological polar surface area (TPSA) is 354 Å². The van der Waals surface area contributed by atoms with Gasteiger partial charge < -0.3 is 90.4 Å². The highest BCUT2D eigenvalue weighted by Gasteiger charge is 2.48. The van der Waals surface area contributed by atoms with Gasteiger partial charge in [-0.05, 0) is 54.1 Å². The summed E-state index contributed by atoms with van der Waals surface area (Å²) in [6.45, 7) is 0. The third-order valence-corrected chi connectivity index (χ3v) is 10.7. The smallest absolute Gasteiger partial charge is 0.338 e. The molecule has 8 rings (SSSR count). The van der Waals surface area contributed by atoms with Crippen LogP contribution in [0.2, 0.25) is 0 Å². The van der Waals surface area contributed by atoms with E-state index >= 15 is 0 Å². The summed E-state index contributed by atoms with van der Waals surface area (Å²) >= 11 is 0. The monoisotopic (exact) mass is 882 g/mol. The summed E-state index contributed by atoms with van der Waals surface area (Å²) in [6.07, 6.45) is -6.88. The van der Waals surface area contributed by atoms with Gasteiger partial charge in [-0.2, -0.15) is 0 Å². The third-order valence-electron chi connectivity index (χ3n) is 10.7. The minimum absolute atomic E-state index is 0.117. The summed E-state index contributed by atoms with van der Waals surface area (Å²) < 4.78 is 24.1.